The van der Waals surface area contributed by atoms with Crippen molar-refractivity contribution >= 4 is 43.5 Å². The van der Waals surface area contributed by atoms with E-state index in [1.807, 2.05) is 0 Å². The number of esters is 1. The van der Waals surface area contributed by atoms with Crippen molar-refractivity contribution in [3.8, 4) is 0 Å². The number of carbonyl (C=O) groups excluding carboxylic acids is 2. The first-order chi connectivity index (χ1) is 13.2. The summed E-state index contributed by atoms with van der Waals surface area (Å²) in [6, 6.07) is 12.5. The van der Waals surface area contributed by atoms with Crippen molar-refractivity contribution in [1.82, 2.24) is 4.72 Å². The van der Waals surface area contributed by atoms with Crippen molar-refractivity contribution in [3.63, 3.8) is 0 Å². The minimum Gasteiger partial charge on any atom is -0.449 e. The van der Waals surface area contributed by atoms with Gasteiger partial charge in [0.1, 0.15) is 0 Å². The van der Waals surface area contributed by atoms with Crippen LogP contribution >= 0.6 is 15.9 Å². The van der Waals surface area contributed by atoms with Crippen molar-refractivity contribution in [1.29, 1.82) is 0 Å². The highest BCUT2D eigenvalue weighted by atomic mass is 79.9. The molecule has 2 N–H and O–H groups in total. The van der Waals surface area contributed by atoms with E-state index in [9.17, 15) is 18.0 Å². The van der Waals surface area contributed by atoms with Gasteiger partial charge in [0, 0.05) is 16.2 Å². The van der Waals surface area contributed by atoms with E-state index >= 15 is 0 Å². The molecule has 0 radical (unpaired) electrons. The van der Waals surface area contributed by atoms with E-state index in [0.717, 1.165) is 17.3 Å². The first-order valence-corrected chi connectivity index (χ1v) is 10.9. The molecule has 0 aliphatic heterocycles. The Morgan fingerprint density at radius 2 is 1.82 bits per heavy atom. The molecule has 0 bridgehead atoms. The molecule has 7 nitrogen and oxygen atoms in total. The zero-order valence-electron chi connectivity index (χ0n) is 15.0. The average Bonchev–Trinajstić information content (AvgIpc) is 3.47. The molecule has 9 heteroatoms. The maximum atomic E-state index is 12.3. The quantitative estimate of drug-likeness (QED) is 0.610. The summed E-state index contributed by atoms with van der Waals surface area (Å²) < 4.78 is 33.2. The van der Waals surface area contributed by atoms with E-state index in [2.05, 4.69) is 26.0 Å². The van der Waals surface area contributed by atoms with Crippen molar-refractivity contribution < 1.29 is 22.7 Å². The topological polar surface area (TPSA) is 102 Å². The molecule has 1 atom stereocenters. The van der Waals surface area contributed by atoms with E-state index in [4.69, 9.17) is 4.74 Å². The van der Waals surface area contributed by atoms with Gasteiger partial charge < -0.3 is 10.1 Å². The van der Waals surface area contributed by atoms with Crippen LogP contribution in [-0.2, 0) is 19.6 Å². The van der Waals surface area contributed by atoms with Crippen molar-refractivity contribution in [3.05, 3.63) is 58.6 Å². The molecule has 1 fully saturated rings. The third-order valence-electron chi connectivity index (χ3n) is 4.04. The first-order valence-electron chi connectivity index (χ1n) is 8.64. The molecule has 1 aliphatic rings. The van der Waals surface area contributed by atoms with E-state index in [1.54, 1.807) is 24.3 Å². The Kier molecular flexibility index (Phi) is 6.17. The number of rotatable bonds is 7. The maximum absolute atomic E-state index is 12.3. The van der Waals surface area contributed by atoms with E-state index < -0.39 is 28.0 Å². The second-order valence-electron chi connectivity index (χ2n) is 6.47. The Bertz CT molecular complexity index is 988. The number of hydrogen-bond donors (Lipinski definition) is 2. The Morgan fingerprint density at radius 3 is 2.46 bits per heavy atom. The molecule has 1 aliphatic carbocycles. The van der Waals surface area contributed by atoms with Crippen LogP contribution in [0, 0.1) is 0 Å². The molecule has 0 heterocycles. The van der Waals surface area contributed by atoms with Gasteiger partial charge in [0.2, 0.25) is 10.0 Å². The monoisotopic (exact) mass is 466 g/mol. The summed E-state index contributed by atoms with van der Waals surface area (Å²) in [6.45, 7) is 1.45. The van der Waals surface area contributed by atoms with Gasteiger partial charge in [0.25, 0.3) is 5.91 Å². The summed E-state index contributed by atoms with van der Waals surface area (Å²) in [6.07, 6.45) is 0.568. The molecule has 2 aromatic carbocycles. The highest BCUT2D eigenvalue weighted by Crippen LogP contribution is 2.22. The van der Waals surface area contributed by atoms with Gasteiger partial charge in [-0.15, -0.1) is 0 Å². The fourth-order valence-corrected chi connectivity index (χ4v) is 3.95. The molecule has 0 saturated heterocycles. The van der Waals surface area contributed by atoms with Gasteiger partial charge in [0.15, 0.2) is 6.10 Å². The van der Waals surface area contributed by atoms with Crippen LogP contribution in [0.25, 0.3) is 0 Å². The minimum atomic E-state index is -3.68. The van der Waals surface area contributed by atoms with E-state index in [-0.39, 0.29) is 16.5 Å². The Morgan fingerprint density at radius 1 is 1.14 bits per heavy atom. The van der Waals surface area contributed by atoms with Gasteiger partial charge in [-0.1, -0.05) is 22.0 Å². The number of halogens is 1. The van der Waals surface area contributed by atoms with Gasteiger partial charge in [-0.2, -0.15) is 0 Å². The molecule has 28 heavy (non-hydrogen) atoms. The predicted octanol–water partition coefficient (Wildman–Crippen LogP) is 3.07. The summed E-state index contributed by atoms with van der Waals surface area (Å²) >= 11 is 3.31. The second kappa shape index (κ2) is 8.42. The number of benzene rings is 2. The van der Waals surface area contributed by atoms with Crippen LogP contribution in [0.4, 0.5) is 5.69 Å². The first kappa shape index (κ1) is 20.5. The van der Waals surface area contributed by atoms with Crippen LogP contribution in [0.5, 0.6) is 0 Å². The molecule has 0 aromatic heterocycles. The third kappa shape index (κ3) is 5.40. The van der Waals surface area contributed by atoms with Crippen molar-refractivity contribution in [2.45, 2.75) is 36.8 Å². The lowest BCUT2D eigenvalue weighted by molar-refractivity contribution is -0.123. The lowest BCUT2D eigenvalue weighted by Gasteiger charge is -2.14. The van der Waals surface area contributed by atoms with Gasteiger partial charge in [-0.05, 0) is 62.2 Å². The van der Waals surface area contributed by atoms with Gasteiger partial charge in [-0.25, -0.2) is 17.9 Å². The number of carbonyl (C=O) groups is 2. The summed E-state index contributed by atoms with van der Waals surface area (Å²) in [5.41, 5.74) is 0.623. The number of amides is 1. The number of nitrogens with one attached hydrogen (secondary N) is 2. The number of sulfonamides is 1. The molecule has 2 aromatic rings. The highest BCUT2D eigenvalue weighted by Gasteiger charge is 2.28. The van der Waals surface area contributed by atoms with Crippen LogP contribution in [-0.4, -0.2) is 32.4 Å². The SMILES string of the molecule is CC(OC(=O)c1cccc(S(=O)(=O)NC2CC2)c1)C(=O)Nc1ccc(Br)cc1. The Labute approximate surface area is 171 Å². The molecule has 3 rings (SSSR count). The lowest BCUT2D eigenvalue weighted by atomic mass is 10.2. The van der Waals surface area contributed by atoms with Gasteiger partial charge >= 0.3 is 5.97 Å². The average molecular weight is 467 g/mol. The molecule has 0 spiro atoms. The van der Waals surface area contributed by atoms with Crippen LogP contribution < -0.4 is 10.0 Å². The molecule has 1 unspecified atom stereocenters. The number of ether oxygens (including phenoxy) is 1. The molecular formula is C19H19BrN2O5S. The summed E-state index contributed by atoms with van der Waals surface area (Å²) in [4.78, 5) is 24.5. The summed E-state index contributed by atoms with van der Waals surface area (Å²) in [5, 5.41) is 2.65. The fourth-order valence-electron chi connectivity index (χ4n) is 2.34. The van der Waals surface area contributed by atoms with E-state index in [0.29, 0.717) is 5.69 Å². The number of anilines is 1. The van der Waals surface area contributed by atoms with Crippen LogP contribution in [0.1, 0.15) is 30.1 Å². The second-order valence-corrected chi connectivity index (χ2v) is 9.10. The Hall–Kier alpha value is -2.23. The zero-order valence-corrected chi connectivity index (χ0v) is 17.4. The van der Waals surface area contributed by atoms with Crippen LogP contribution in [0.15, 0.2) is 57.9 Å². The Balaban J connectivity index is 1.64. The van der Waals surface area contributed by atoms with Gasteiger partial charge in [-0.3, -0.25) is 4.79 Å². The molecule has 148 valence electrons. The minimum absolute atomic E-state index is 0.0131. The fraction of sp³-hybridized carbons (Fsp3) is 0.263. The molecule has 1 amide bonds. The molecule has 1 saturated carbocycles. The maximum Gasteiger partial charge on any atom is 0.338 e. The molecular weight excluding hydrogens is 448 g/mol. The van der Waals surface area contributed by atoms with Crippen LogP contribution in [0.2, 0.25) is 0 Å². The number of hydrogen-bond acceptors (Lipinski definition) is 5. The largest absolute Gasteiger partial charge is 0.449 e. The predicted molar refractivity (Wildman–Crippen MR) is 107 cm³/mol. The summed E-state index contributed by atoms with van der Waals surface area (Å²) in [5.74, 6) is -1.27. The van der Waals surface area contributed by atoms with Crippen molar-refractivity contribution in [2.75, 3.05) is 5.32 Å². The standard InChI is InChI=1S/C19H19BrN2O5S/c1-12(18(23)21-15-7-5-14(20)6-8-15)27-19(24)13-3-2-4-17(11-13)28(25,26)22-16-9-10-16/h2-8,11-12,16,22H,9-10H2,1H3,(H,21,23). The normalized spacial score (nSPS) is 14.9. The van der Waals surface area contributed by atoms with E-state index in [1.165, 1.54) is 31.2 Å². The smallest absolute Gasteiger partial charge is 0.338 e. The zero-order chi connectivity index (χ0) is 20.3. The highest BCUT2D eigenvalue weighted by molar-refractivity contribution is 9.10. The summed E-state index contributed by atoms with van der Waals surface area (Å²) in [7, 11) is -3.68. The van der Waals surface area contributed by atoms with Crippen molar-refractivity contribution in [2.24, 2.45) is 0 Å². The third-order valence-corrected chi connectivity index (χ3v) is 6.09. The van der Waals surface area contributed by atoms with Gasteiger partial charge in [0.05, 0.1) is 10.5 Å². The lowest BCUT2D eigenvalue weighted by Crippen LogP contribution is -2.30. The van der Waals surface area contributed by atoms with Crippen LogP contribution in [0.3, 0.4) is 0 Å².